The van der Waals surface area contributed by atoms with Crippen LogP contribution in [0, 0.1) is 0 Å². The van der Waals surface area contributed by atoms with Crippen LogP contribution in [0.25, 0.3) is 10.9 Å². The van der Waals surface area contributed by atoms with E-state index in [1.807, 2.05) is 17.5 Å². The number of carbonyl (C=O) groups is 1. The summed E-state index contributed by atoms with van der Waals surface area (Å²) in [6.45, 7) is 0.918. The molecule has 128 valence electrons. The summed E-state index contributed by atoms with van der Waals surface area (Å²) >= 11 is 1.45. The first-order valence-corrected chi connectivity index (χ1v) is 8.65. The van der Waals surface area contributed by atoms with E-state index in [4.69, 9.17) is 0 Å². The molecule has 25 heavy (non-hydrogen) atoms. The van der Waals surface area contributed by atoms with Crippen LogP contribution >= 0.6 is 11.3 Å². The molecule has 8 heteroatoms. The van der Waals surface area contributed by atoms with Crippen molar-refractivity contribution in [2.75, 3.05) is 18.0 Å². The molecule has 1 aliphatic heterocycles. The highest BCUT2D eigenvalue weighted by atomic mass is 32.1. The van der Waals surface area contributed by atoms with E-state index >= 15 is 0 Å². The fourth-order valence-corrected chi connectivity index (χ4v) is 3.85. The van der Waals surface area contributed by atoms with E-state index in [1.54, 1.807) is 29.2 Å². The molecule has 4 rings (SSSR count). The lowest BCUT2D eigenvalue weighted by Crippen LogP contribution is -2.50. The molecule has 3 heterocycles. The number of thiophene rings is 1. The van der Waals surface area contributed by atoms with E-state index in [0.717, 1.165) is 4.88 Å². The van der Waals surface area contributed by atoms with Crippen LogP contribution < -0.4 is 10.2 Å². The van der Waals surface area contributed by atoms with Crippen LogP contribution in [0.2, 0.25) is 0 Å². The molecule has 1 fully saturated rings. The number of benzene rings is 1. The smallest absolute Gasteiger partial charge is 0.297 e. The topological polar surface area (TPSA) is 58.1 Å². The van der Waals surface area contributed by atoms with Gasteiger partial charge in [-0.15, -0.1) is 11.3 Å². The maximum absolute atomic E-state index is 13.3. The van der Waals surface area contributed by atoms with Crippen molar-refractivity contribution >= 4 is 34.0 Å². The van der Waals surface area contributed by atoms with Gasteiger partial charge in [-0.3, -0.25) is 4.79 Å². The number of aromatic nitrogens is 2. The number of para-hydroxylation sites is 1. The lowest BCUT2D eigenvalue weighted by Gasteiger charge is -2.36. The third-order valence-corrected chi connectivity index (χ3v) is 5.02. The molecule has 1 N–H and O–H groups in total. The minimum atomic E-state index is -2.78. The fourth-order valence-electron chi connectivity index (χ4n) is 3.02. The summed E-state index contributed by atoms with van der Waals surface area (Å²) in [5.41, 5.74) is 0.443. The van der Waals surface area contributed by atoms with Gasteiger partial charge in [-0.05, 0) is 23.6 Å². The Balaban J connectivity index is 1.90. The van der Waals surface area contributed by atoms with Gasteiger partial charge >= 0.3 is 0 Å². The summed E-state index contributed by atoms with van der Waals surface area (Å²) in [7, 11) is 0. The zero-order chi connectivity index (χ0) is 17.4. The number of anilines is 1. The number of nitrogens with zero attached hydrogens (tertiary/aromatic N) is 3. The number of rotatable bonds is 3. The van der Waals surface area contributed by atoms with Crippen molar-refractivity contribution in [2.45, 2.75) is 12.5 Å². The Morgan fingerprint density at radius 3 is 2.80 bits per heavy atom. The van der Waals surface area contributed by atoms with Crippen LogP contribution in [0.1, 0.15) is 23.2 Å². The van der Waals surface area contributed by atoms with E-state index in [0.29, 0.717) is 29.8 Å². The lowest BCUT2D eigenvalue weighted by molar-refractivity contribution is -0.123. The molecule has 1 aliphatic rings. The van der Waals surface area contributed by atoms with E-state index in [-0.39, 0.29) is 5.91 Å². The first-order chi connectivity index (χ1) is 12.1. The number of hydrogen-bond donors (Lipinski definition) is 1. The monoisotopic (exact) mass is 360 g/mol. The molecule has 1 atom stereocenters. The molecule has 1 aromatic carbocycles. The third kappa shape index (κ3) is 2.82. The molecule has 0 radical (unpaired) electrons. The average Bonchev–Trinajstić information content (AvgIpc) is 3.14. The summed E-state index contributed by atoms with van der Waals surface area (Å²) < 4.78 is 26.5. The highest BCUT2D eigenvalue weighted by Gasteiger charge is 2.34. The van der Waals surface area contributed by atoms with Gasteiger partial charge in [-0.25, -0.2) is 18.7 Å². The predicted octanol–water partition coefficient (Wildman–Crippen LogP) is 3.31. The van der Waals surface area contributed by atoms with Crippen LogP contribution in [0.15, 0.2) is 41.8 Å². The molecule has 0 aliphatic carbocycles. The van der Waals surface area contributed by atoms with Gasteiger partial charge in [0.05, 0.1) is 5.52 Å². The molecule has 0 unspecified atom stereocenters. The van der Waals surface area contributed by atoms with Crippen LogP contribution in [0.3, 0.4) is 0 Å². The first kappa shape index (κ1) is 15.9. The van der Waals surface area contributed by atoms with Crippen molar-refractivity contribution in [3.05, 3.63) is 52.5 Å². The van der Waals surface area contributed by atoms with Gasteiger partial charge in [0.2, 0.25) is 5.91 Å². The van der Waals surface area contributed by atoms with Crippen molar-refractivity contribution in [1.29, 1.82) is 0 Å². The largest absolute Gasteiger partial charge is 0.352 e. The summed E-state index contributed by atoms with van der Waals surface area (Å²) in [4.78, 5) is 23.2. The van der Waals surface area contributed by atoms with E-state index in [1.165, 1.54) is 11.3 Å². The number of piperazine rings is 1. The minimum absolute atomic E-state index is 0.157. The molecule has 5 nitrogen and oxygen atoms in total. The Hall–Kier alpha value is -2.61. The van der Waals surface area contributed by atoms with Gasteiger partial charge in [0, 0.05) is 23.4 Å². The van der Waals surface area contributed by atoms with Gasteiger partial charge < -0.3 is 10.2 Å². The Labute approximate surface area is 146 Å². The zero-order valence-corrected chi connectivity index (χ0v) is 13.8. The van der Waals surface area contributed by atoms with Crippen molar-refractivity contribution in [2.24, 2.45) is 0 Å². The first-order valence-electron chi connectivity index (χ1n) is 7.78. The zero-order valence-electron chi connectivity index (χ0n) is 13.0. The molecular weight excluding hydrogens is 346 g/mol. The molecule has 3 aromatic rings. The lowest BCUT2D eigenvalue weighted by atomic mass is 10.1. The van der Waals surface area contributed by atoms with Crippen LogP contribution in [-0.4, -0.2) is 29.0 Å². The summed E-state index contributed by atoms with van der Waals surface area (Å²) in [6.07, 6.45) is -2.78. The van der Waals surface area contributed by atoms with Crippen molar-refractivity contribution in [3.63, 3.8) is 0 Å². The van der Waals surface area contributed by atoms with Crippen LogP contribution in [0.4, 0.5) is 14.6 Å². The number of fused-ring (bicyclic) bond motifs is 1. The van der Waals surface area contributed by atoms with Gasteiger partial charge in [0.1, 0.15) is 11.9 Å². The second-order valence-electron chi connectivity index (χ2n) is 5.63. The van der Waals surface area contributed by atoms with Gasteiger partial charge in [0.25, 0.3) is 6.43 Å². The second-order valence-corrected chi connectivity index (χ2v) is 6.60. The standard InChI is InChI=1S/C17H14F2N4OS/c18-14(19)15-21-11-5-2-1-4-10(11)16(22-15)23-8-7-20-17(24)13(23)12-6-3-9-25-12/h1-6,9,13-14H,7-8H2,(H,20,24)/t13-/m1/s1. The maximum Gasteiger partial charge on any atom is 0.297 e. The highest BCUT2D eigenvalue weighted by molar-refractivity contribution is 7.10. The van der Waals surface area contributed by atoms with E-state index < -0.39 is 18.3 Å². The Bertz CT molecular complexity index is 916. The van der Waals surface area contributed by atoms with Gasteiger partial charge in [-0.2, -0.15) is 0 Å². The minimum Gasteiger partial charge on any atom is -0.352 e. The number of hydrogen-bond acceptors (Lipinski definition) is 5. The Morgan fingerprint density at radius 2 is 2.04 bits per heavy atom. The second kappa shape index (κ2) is 6.36. The average molecular weight is 360 g/mol. The number of amides is 1. The molecule has 2 aromatic heterocycles. The molecule has 0 saturated carbocycles. The van der Waals surface area contributed by atoms with E-state index in [9.17, 15) is 13.6 Å². The SMILES string of the molecule is O=C1NCCN(c2nc(C(F)F)nc3ccccc23)[C@@H]1c1cccs1. The molecule has 1 saturated heterocycles. The number of halogens is 2. The summed E-state index contributed by atoms with van der Waals surface area (Å²) in [5, 5.41) is 5.38. The number of carbonyl (C=O) groups excluding carboxylic acids is 1. The third-order valence-electron chi connectivity index (χ3n) is 4.09. The summed E-state index contributed by atoms with van der Waals surface area (Å²) in [5.74, 6) is -0.311. The molecule has 0 bridgehead atoms. The molecule has 0 spiro atoms. The Kier molecular flexibility index (Phi) is 4.04. The van der Waals surface area contributed by atoms with Crippen LogP contribution in [0.5, 0.6) is 0 Å². The van der Waals surface area contributed by atoms with Gasteiger partial charge in [-0.1, -0.05) is 18.2 Å². The Morgan fingerprint density at radius 1 is 1.20 bits per heavy atom. The highest BCUT2D eigenvalue weighted by Crippen LogP contribution is 2.35. The number of alkyl halides is 2. The van der Waals surface area contributed by atoms with Crippen molar-refractivity contribution < 1.29 is 13.6 Å². The van der Waals surface area contributed by atoms with Crippen molar-refractivity contribution in [1.82, 2.24) is 15.3 Å². The fraction of sp³-hybridized carbons (Fsp3) is 0.235. The molecule has 1 amide bonds. The van der Waals surface area contributed by atoms with E-state index in [2.05, 4.69) is 15.3 Å². The van der Waals surface area contributed by atoms with Crippen LogP contribution in [-0.2, 0) is 4.79 Å². The predicted molar refractivity (Wildman–Crippen MR) is 91.9 cm³/mol. The maximum atomic E-state index is 13.3. The molecular formula is C17H14F2N4OS. The quantitative estimate of drug-likeness (QED) is 0.779. The normalized spacial score (nSPS) is 18.0. The van der Waals surface area contributed by atoms with Crippen molar-refractivity contribution in [3.8, 4) is 0 Å². The summed E-state index contributed by atoms with van der Waals surface area (Å²) in [6, 6.07) is 10.2. The van der Waals surface area contributed by atoms with Gasteiger partial charge in [0.15, 0.2) is 5.82 Å². The number of nitrogens with one attached hydrogen (secondary N) is 1.